The molecule has 1 heterocycles. The summed E-state index contributed by atoms with van der Waals surface area (Å²) >= 11 is 5.46. The molecule has 1 aromatic heterocycles. The van der Waals surface area contributed by atoms with Gasteiger partial charge in [0.05, 0.1) is 25.5 Å². The summed E-state index contributed by atoms with van der Waals surface area (Å²) in [5, 5.41) is 2.79. The number of methoxy groups -OCH3 is 1. The average Bonchev–Trinajstić information content (AvgIpc) is 2.42. The van der Waals surface area contributed by atoms with E-state index in [1.807, 2.05) is 0 Å². The van der Waals surface area contributed by atoms with E-state index >= 15 is 0 Å². The van der Waals surface area contributed by atoms with Crippen molar-refractivity contribution in [3.05, 3.63) is 24.0 Å². The van der Waals surface area contributed by atoms with E-state index in [1.165, 1.54) is 13.3 Å². The number of carbonyl (C=O) groups excluding carboxylic acids is 1. The number of alkyl halides is 1. The van der Waals surface area contributed by atoms with Crippen molar-refractivity contribution in [3.8, 4) is 5.75 Å². The third-order valence-electron chi connectivity index (χ3n) is 2.22. The predicted octanol–water partition coefficient (Wildman–Crippen LogP) is 1.47. The maximum Gasteiger partial charge on any atom is 0.255 e. The Hall–Kier alpha value is -1.33. The zero-order valence-corrected chi connectivity index (χ0v) is 11.1. The highest BCUT2D eigenvalue weighted by atomic mass is 35.5. The molecule has 0 saturated carbocycles. The topological polar surface area (TPSA) is 60.5 Å². The third-order valence-corrected chi connectivity index (χ3v) is 2.38. The summed E-state index contributed by atoms with van der Waals surface area (Å²) in [7, 11) is 1.51. The molecule has 1 rings (SSSR count). The van der Waals surface area contributed by atoms with Crippen molar-refractivity contribution < 1.29 is 14.3 Å². The molecular weight excluding hydrogens is 256 g/mol. The van der Waals surface area contributed by atoms with Crippen molar-refractivity contribution >= 4 is 17.5 Å². The van der Waals surface area contributed by atoms with Crippen LogP contribution in [0.5, 0.6) is 5.75 Å². The zero-order chi connectivity index (χ0) is 13.2. The second kappa shape index (κ2) is 8.72. The summed E-state index contributed by atoms with van der Waals surface area (Å²) in [4.78, 5) is 15.7. The van der Waals surface area contributed by atoms with Crippen molar-refractivity contribution in [2.24, 2.45) is 0 Å². The molecule has 0 aromatic carbocycles. The van der Waals surface area contributed by atoms with Crippen LogP contribution in [-0.2, 0) is 4.74 Å². The molecule has 0 spiro atoms. The summed E-state index contributed by atoms with van der Waals surface area (Å²) in [5.41, 5.74) is 0.481. The minimum atomic E-state index is -0.174. The van der Waals surface area contributed by atoms with Crippen molar-refractivity contribution in [1.82, 2.24) is 10.3 Å². The summed E-state index contributed by atoms with van der Waals surface area (Å²) in [6.45, 7) is 1.67. The molecule has 0 unspecified atom stereocenters. The van der Waals surface area contributed by atoms with E-state index in [4.69, 9.17) is 21.1 Å². The molecule has 1 N–H and O–H groups in total. The van der Waals surface area contributed by atoms with Crippen LogP contribution in [0.25, 0.3) is 0 Å². The van der Waals surface area contributed by atoms with Gasteiger partial charge in [-0.15, -0.1) is 11.6 Å². The predicted molar refractivity (Wildman–Crippen MR) is 69.3 cm³/mol. The number of aromatic nitrogens is 1. The van der Waals surface area contributed by atoms with Crippen LogP contribution < -0.4 is 10.1 Å². The summed E-state index contributed by atoms with van der Waals surface area (Å²) in [6, 6.07) is 1.62. The van der Waals surface area contributed by atoms with Gasteiger partial charge in [0, 0.05) is 25.2 Å². The Kier molecular flexibility index (Phi) is 7.13. The molecule has 5 nitrogen and oxygen atoms in total. The van der Waals surface area contributed by atoms with E-state index in [0.29, 0.717) is 37.0 Å². The van der Waals surface area contributed by atoms with Crippen LogP contribution in [0.3, 0.4) is 0 Å². The lowest BCUT2D eigenvalue weighted by Gasteiger charge is -2.08. The number of nitrogens with zero attached hydrogens (tertiary/aromatic N) is 1. The molecule has 100 valence electrons. The maximum atomic E-state index is 11.8. The molecule has 0 aliphatic rings. The third kappa shape index (κ3) is 4.89. The van der Waals surface area contributed by atoms with Gasteiger partial charge in [0.25, 0.3) is 5.91 Å². The van der Waals surface area contributed by atoms with Crippen molar-refractivity contribution in [2.45, 2.75) is 6.42 Å². The van der Waals surface area contributed by atoms with Gasteiger partial charge in [-0.25, -0.2) is 0 Å². The molecule has 0 atom stereocenters. The zero-order valence-electron chi connectivity index (χ0n) is 10.3. The monoisotopic (exact) mass is 272 g/mol. The number of hydrogen-bond donors (Lipinski definition) is 1. The molecule has 0 fully saturated rings. The van der Waals surface area contributed by atoms with Gasteiger partial charge in [0.2, 0.25) is 0 Å². The summed E-state index contributed by atoms with van der Waals surface area (Å²) in [5.74, 6) is 0.778. The lowest BCUT2D eigenvalue weighted by Crippen LogP contribution is -2.25. The van der Waals surface area contributed by atoms with Crippen molar-refractivity contribution in [3.63, 3.8) is 0 Å². The van der Waals surface area contributed by atoms with Gasteiger partial charge in [-0.1, -0.05) is 0 Å². The number of ether oxygens (including phenoxy) is 2. The average molecular weight is 273 g/mol. The lowest BCUT2D eigenvalue weighted by molar-refractivity contribution is 0.0941. The molecule has 0 bridgehead atoms. The van der Waals surface area contributed by atoms with Crippen LogP contribution in [0.2, 0.25) is 0 Å². The molecule has 6 heteroatoms. The van der Waals surface area contributed by atoms with E-state index in [0.717, 1.165) is 6.42 Å². The van der Waals surface area contributed by atoms with Gasteiger partial charge in [0.15, 0.2) is 0 Å². The molecule has 0 aliphatic carbocycles. The number of pyridine rings is 1. The van der Waals surface area contributed by atoms with Gasteiger partial charge in [0.1, 0.15) is 5.75 Å². The Morgan fingerprint density at radius 2 is 2.33 bits per heavy atom. The molecule has 0 saturated heterocycles. The van der Waals surface area contributed by atoms with Gasteiger partial charge >= 0.3 is 0 Å². The highest BCUT2D eigenvalue weighted by Gasteiger charge is 2.10. The highest BCUT2D eigenvalue weighted by molar-refractivity contribution is 6.17. The van der Waals surface area contributed by atoms with Crippen LogP contribution >= 0.6 is 11.6 Å². The summed E-state index contributed by atoms with van der Waals surface area (Å²) < 4.78 is 10.3. The van der Waals surface area contributed by atoms with Gasteiger partial charge in [-0.2, -0.15) is 0 Å². The first-order valence-corrected chi connectivity index (χ1v) is 6.23. The van der Waals surface area contributed by atoms with Gasteiger partial charge < -0.3 is 14.8 Å². The molecule has 1 amide bonds. The molecule has 18 heavy (non-hydrogen) atoms. The van der Waals surface area contributed by atoms with E-state index in [9.17, 15) is 4.79 Å². The van der Waals surface area contributed by atoms with Crippen LogP contribution in [0.4, 0.5) is 0 Å². The quantitative estimate of drug-likeness (QED) is 0.575. The summed E-state index contributed by atoms with van der Waals surface area (Å²) in [6.07, 6.45) is 3.82. The highest BCUT2D eigenvalue weighted by Crippen LogP contribution is 2.14. The number of carbonyl (C=O) groups is 1. The van der Waals surface area contributed by atoms with E-state index in [1.54, 1.807) is 12.3 Å². The molecule has 1 aromatic rings. The Morgan fingerprint density at radius 3 is 3.06 bits per heavy atom. The molecule has 0 radical (unpaired) electrons. The van der Waals surface area contributed by atoms with E-state index in [-0.39, 0.29) is 5.91 Å². The SMILES string of the molecule is COc1cnccc1C(=O)NCCCOCCCl. The Labute approximate surface area is 111 Å². The largest absolute Gasteiger partial charge is 0.494 e. The smallest absolute Gasteiger partial charge is 0.255 e. The van der Waals surface area contributed by atoms with Crippen LogP contribution in [0.15, 0.2) is 18.5 Å². The minimum absolute atomic E-state index is 0.174. The number of halogens is 1. The fraction of sp³-hybridized carbons (Fsp3) is 0.500. The number of rotatable bonds is 8. The van der Waals surface area contributed by atoms with Gasteiger partial charge in [-0.05, 0) is 12.5 Å². The number of amides is 1. The van der Waals surface area contributed by atoms with E-state index < -0.39 is 0 Å². The maximum absolute atomic E-state index is 11.8. The second-order valence-electron chi connectivity index (χ2n) is 3.49. The second-order valence-corrected chi connectivity index (χ2v) is 3.86. The fourth-order valence-electron chi connectivity index (χ4n) is 1.36. The first-order chi connectivity index (χ1) is 8.79. The van der Waals surface area contributed by atoms with Crippen molar-refractivity contribution in [1.29, 1.82) is 0 Å². The normalized spacial score (nSPS) is 10.1. The lowest BCUT2D eigenvalue weighted by atomic mass is 10.2. The first-order valence-electron chi connectivity index (χ1n) is 5.69. The Balaban J connectivity index is 2.32. The van der Waals surface area contributed by atoms with Crippen LogP contribution in [0, 0.1) is 0 Å². The Bertz CT molecular complexity index is 374. The van der Waals surface area contributed by atoms with Crippen LogP contribution in [-0.4, -0.2) is 43.6 Å². The van der Waals surface area contributed by atoms with E-state index in [2.05, 4.69) is 10.3 Å². The molecule has 0 aliphatic heterocycles. The first kappa shape index (κ1) is 14.7. The number of hydrogen-bond acceptors (Lipinski definition) is 4. The molecular formula is C12H17ClN2O3. The standard InChI is InChI=1S/C12H17ClN2O3/c1-17-11-9-14-6-3-10(11)12(16)15-5-2-7-18-8-4-13/h3,6,9H,2,4-5,7-8H2,1H3,(H,15,16). The van der Waals surface area contributed by atoms with Crippen molar-refractivity contribution in [2.75, 3.05) is 32.7 Å². The van der Waals surface area contributed by atoms with Crippen LogP contribution in [0.1, 0.15) is 16.8 Å². The number of nitrogens with one attached hydrogen (secondary N) is 1. The Morgan fingerprint density at radius 1 is 1.50 bits per heavy atom. The fourth-order valence-corrected chi connectivity index (χ4v) is 1.47. The minimum Gasteiger partial charge on any atom is -0.494 e. The van der Waals surface area contributed by atoms with Gasteiger partial charge in [-0.3, -0.25) is 9.78 Å².